The highest BCUT2D eigenvalue weighted by molar-refractivity contribution is 7.80. The largest absolute Gasteiger partial charge is 0.393 e. The predicted molar refractivity (Wildman–Crippen MR) is 45.7 cm³/mol. The van der Waals surface area contributed by atoms with Crippen LogP contribution in [0.3, 0.4) is 0 Å². The Morgan fingerprint density at radius 1 is 1.30 bits per heavy atom. The minimum atomic E-state index is 0.605. The Hall–Kier alpha value is -0.110. The maximum atomic E-state index is 5.62. The van der Waals surface area contributed by atoms with Crippen molar-refractivity contribution in [3.05, 3.63) is 0 Å². The van der Waals surface area contributed by atoms with Gasteiger partial charge in [0.15, 0.2) is 0 Å². The van der Waals surface area contributed by atoms with Gasteiger partial charge in [-0.2, -0.15) is 0 Å². The molecule has 0 saturated heterocycles. The summed E-state index contributed by atoms with van der Waals surface area (Å²) in [5, 5.41) is 0. The first-order chi connectivity index (χ1) is 4.77. The fourth-order valence-electron chi connectivity index (χ4n) is 2.59. The zero-order valence-corrected chi connectivity index (χ0v) is 6.86. The van der Waals surface area contributed by atoms with Crippen LogP contribution < -0.4 is 5.73 Å². The van der Waals surface area contributed by atoms with Crippen molar-refractivity contribution < 1.29 is 0 Å². The van der Waals surface area contributed by atoms with Gasteiger partial charge < -0.3 is 5.73 Å². The van der Waals surface area contributed by atoms with E-state index in [4.69, 9.17) is 18.0 Å². The van der Waals surface area contributed by atoms with E-state index in [9.17, 15) is 0 Å². The van der Waals surface area contributed by atoms with E-state index in [-0.39, 0.29) is 0 Å². The Morgan fingerprint density at radius 3 is 2.40 bits per heavy atom. The van der Waals surface area contributed by atoms with Crippen LogP contribution in [0.25, 0.3) is 0 Å². The highest BCUT2D eigenvalue weighted by Crippen LogP contribution is 2.48. The van der Waals surface area contributed by atoms with Crippen molar-refractivity contribution in [2.24, 2.45) is 23.5 Å². The first-order valence-electron chi connectivity index (χ1n) is 4.06. The number of thiocarbonyl (C=S) groups is 1. The summed E-state index contributed by atoms with van der Waals surface area (Å²) in [5.74, 6) is 2.44. The van der Waals surface area contributed by atoms with Crippen molar-refractivity contribution >= 4 is 17.2 Å². The monoisotopic (exact) mass is 155 g/mol. The third-order valence-corrected chi connectivity index (χ3v) is 3.41. The van der Waals surface area contributed by atoms with Crippen LogP contribution >= 0.6 is 12.2 Å². The second kappa shape index (κ2) is 2.19. The van der Waals surface area contributed by atoms with Crippen molar-refractivity contribution in [1.29, 1.82) is 0 Å². The van der Waals surface area contributed by atoms with Gasteiger partial charge in [0.1, 0.15) is 0 Å². The summed E-state index contributed by atoms with van der Waals surface area (Å²) in [4.78, 5) is 0.771. The number of rotatable bonds is 1. The fraction of sp³-hybridized carbons (Fsp3) is 0.875. The molecule has 2 rings (SSSR count). The Morgan fingerprint density at radius 2 is 2.10 bits per heavy atom. The third-order valence-electron chi connectivity index (χ3n) is 3.10. The molecule has 0 spiro atoms. The normalized spacial score (nSPS) is 44.2. The Balaban J connectivity index is 2.08. The molecular weight excluding hydrogens is 142 g/mol. The average Bonchev–Trinajstić information content (AvgIpc) is 2.44. The average molecular weight is 155 g/mol. The van der Waals surface area contributed by atoms with Crippen LogP contribution in [-0.2, 0) is 0 Å². The number of hydrogen-bond acceptors (Lipinski definition) is 1. The number of hydrogen-bond donors (Lipinski definition) is 1. The molecule has 3 atom stereocenters. The van der Waals surface area contributed by atoms with Crippen LogP contribution in [0.4, 0.5) is 0 Å². The molecule has 0 aromatic carbocycles. The topological polar surface area (TPSA) is 26.0 Å². The fourth-order valence-corrected chi connectivity index (χ4v) is 2.88. The van der Waals surface area contributed by atoms with Crippen molar-refractivity contribution in [2.45, 2.75) is 25.7 Å². The molecule has 0 heterocycles. The molecule has 0 amide bonds. The van der Waals surface area contributed by atoms with Gasteiger partial charge in [0.2, 0.25) is 0 Å². The molecule has 0 aromatic rings. The lowest BCUT2D eigenvalue weighted by atomic mass is 9.89. The third kappa shape index (κ3) is 0.858. The van der Waals surface area contributed by atoms with E-state index in [0.717, 1.165) is 16.8 Å². The minimum absolute atomic E-state index is 0.605. The smallest absolute Gasteiger partial charge is 0.0761 e. The lowest BCUT2D eigenvalue weighted by Crippen LogP contribution is -2.25. The van der Waals surface area contributed by atoms with E-state index in [1.54, 1.807) is 0 Å². The lowest BCUT2D eigenvalue weighted by molar-refractivity contribution is 0.416. The second-order valence-corrected chi connectivity index (χ2v) is 4.16. The van der Waals surface area contributed by atoms with Crippen LogP contribution in [0.15, 0.2) is 0 Å². The van der Waals surface area contributed by atoms with Gasteiger partial charge in [-0.15, -0.1) is 0 Å². The molecule has 0 aliphatic heterocycles. The van der Waals surface area contributed by atoms with Crippen LogP contribution in [0.1, 0.15) is 25.7 Å². The summed E-state index contributed by atoms with van der Waals surface area (Å²) in [6.07, 6.45) is 5.51. The van der Waals surface area contributed by atoms with Crippen LogP contribution in [-0.4, -0.2) is 4.99 Å². The summed E-state index contributed by atoms with van der Waals surface area (Å²) < 4.78 is 0. The van der Waals surface area contributed by atoms with Crippen LogP contribution in [0, 0.1) is 17.8 Å². The summed E-state index contributed by atoms with van der Waals surface area (Å²) in [6.45, 7) is 0. The van der Waals surface area contributed by atoms with Gasteiger partial charge >= 0.3 is 0 Å². The summed E-state index contributed by atoms with van der Waals surface area (Å²) >= 11 is 5.00. The SMILES string of the molecule is NC(=S)C1CC2CCC1C2. The van der Waals surface area contributed by atoms with E-state index in [1.165, 1.54) is 25.7 Å². The van der Waals surface area contributed by atoms with Crippen molar-refractivity contribution in [2.75, 3.05) is 0 Å². The van der Waals surface area contributed by atoms with Gasteiger partial charge in [-0.3, -0.25) is 0 Å². The zero-order chi connectivity index (χ0) is 7.14. The number of fused-ring (bicyclic) bond motifs is 2. The van der Waals surface area contributed by atoms with Gasteiger partial charge in [0, 0.05) is 5.92 Å². The standard InChI is InChI=1S/C8H13NS/c9-8(10)7-4-5-1-2-6(7)3-5/h5-7H,1-4H2,(H2,9,10). The summed E-state index contributed by atoms with van der Waals surface area (Å²) in [5.41, 5.74) is 5.62. The van der Waals surface area contributed by atoms with Gasteiger partial charge in [-0.05, 0) is 31.1 Å². The van der Waals surface area contributed by atoms with Crippen LogP contribution in [0.2, 0.25) is 0 Å². The first-order valence-corrected chi connectivity index (χ1v) is 4.47. The molecule has 2 heteroatoms. The summed E-state index contributed by atoms with van der Waals surface area (Å²) in [7, 11) is 0. The lowest BCUT2D eigenvalue weighted by Gasteiger charge is -2.19. The van der Waals surface area contributed by atoms with Gasteiger partial charge in [0.25, 0.3) is 0 Å². The second-order valence-electron chi connectivity index (χ2n) is 3.68. The molecule has 0 radical (unpaired) electrons. The molecular formula is C8H13NS. The van der Waals surface area contributed by atoms with E-state index in [1.807, 2.05) is 0 Å². The van der Waals surface area contributed by atoms with Crippen LogP contribution in [0.5, 0.6) is 0 Å². The van der Waals surface area contributed by atoms with Gasteiger partial charge in [0.05, 0.1) is 4.99 Å². The van der Waals surface area contributed by atoms with E-state index < -0.39 is 0 Å². The highest BCUT2D eigenvalue weighted by atomic mass is 32.1. The Kier molecular flexibility index (Phi) is 1.44. The summed E-state index contributed by atoms with van der Waals surface area (Å²) in [6, 6.07) is 0. The molecule has 0 aromatic heterocycles. The molecule has 2 fully saturated rings. The zero-order valence-electron chi connectivity index (χ0n) is 6.05. The molecule has 56 valence electrons. The van der Waals surface area contributed by atoms with E-state index in [2.05, 4.69) is 0 Å². The highest BCUT2D eigenvalue weighted by Gasteiger charge is 2.40. The Bertz CT molecular complexity index is 167. The molecule has 2 aliphatic rings. The molecule has 10 heavy (non-hydrogen) atoms. The molecule has 2 saturated carbocycles. The Labute approximate surface area is 67.0 Å². The minimum Gasteiger partial charge on any atom is -0.393 e. The van der Waals surface area contributed by atoms with Gasteiger partial charge in [-0.25, -0.2) is 0 Å². The molecule has 2 aliphatic carbocycles. The molecule has 2 N–H and O–H groups in total. The van der Waals surface area contributed by atoms with E-state index in [0.29, 0.717) is 5.92 Å². The maximum absolute atomic E-state index is 5.62. The maximum Gasteiger partial charge on any atom is 0.0761 e. The quantitative estimate of drug-likeness (QED) is 0.583. The number of nitrogens with two attached hydrogens (primary N) is 1. The van der Waals surface area contributed by atoms with Gasteiger partial charge in [-0.1, -0.05) is 18.6 Å². The first kappa shape index (κ1) is 6.59. The van der Waals surface area contributed by atoms with Crippen molar-refractivity contribution in [3.63, 3.8) is 0 Å². The molecule has 3 unspecified atom stereocenters. The molecule has 1 nitrogen and oxygen atoms in total. The van der Waals surface area contributed by atoms with Crippen molar-refractivity contribution in [1.82, 2.24) is 0 Å². The predicted octanol–water partition coefficient (Wildman–Crippen LogP) is 1.71. The molecule has 2 bridgehead atoms. The van der Waals surface area contributed by atoms with E-state index >= 15 is 0 Å². The van der Waals surface area contributed by atoms with Crippen molar-refractivity contribution in [3.8, 4) is 0 Å².